The number of furan rings is 1. The standard InChI is InChI=1S/C19H21N3O5S/c1-3-6-14-20-16(27-22-14)9-8-15(23)21-18-17(19(24)25-4-2)12(11-28-18)13-7-5-10-26-13/h5,7,10-11H,3-4,6,8-9H2,1-2H3,(H,21,23). The van der Waals surface area contributed by atoms with Gasteiger partial charge in [0.1, 0.15) is 16.3 Å². The van der Waals surface area contributed by atoms with Gasteiger partial charge in [-0.05, 0) is 25.5 Å². The fourth-order valence-corrected chi connectivity index (χ4v) is 3.55. The SMILES string of the molecule is CCCc1noc(CCC(=O)Nc2scc(-c3ccco3)c2C(=O)OCC)n1. The zero-order valence-electron chi connectivity index (χ0n) is 15.7. The molecule has 148 valence electrons. The van der Waals surface area contributed by atoms with E-state index in [-0.39, 0.29) is 24.5 Å². The van der Waals surface area contributed by atoms with Gasteiger partial charge in [0.05, 0.1) is 12.9 Å². The molecule has 0 saturated carbocycles. The molecule has 0 spiro atoms. The van der Waals surface area contributed by atoms with Crippen molar-refractivity contribution in [1.82, 2.24) is 10.1 Å². The third-order valence-electron chi connectivity index (χ3n) is 3.86. The fraction of sp³-hybridized carbons (Fsp3) is 0.368. The van der Waals surface area contributed by atoms with Crippen LogP contribution in [0, 0.1) is 0 Å². The summed E-state index contributed by atoms with van der Waals surface area (Å²) < 4.78 is 15.7. The first kappa shape index (κ1) is 19.8. The largest absolute Gasteiger partial charge is 0.464 e. The van der Waals surface area contributed by atoms with Crippen LogP contribution in [0.3, 0.4) is 0 Å². The van der Waals surface area contributed by atoms with Gasteiger partial charge in [0.15, 0.2) is 5.82 Å². The summed E-state index contributed by atoms with van der Waals surface area (Å²) in [5, 5.41) is 8.83. The summed E-state index contributed by atoms with van der Waals surface area (Å²) in [6, 6.07) is 3.48. The molecular weight excluding hydrogens is 382 g/mol. The zero-order valence-corrected chi connectivity index (χ0v) is 16.5. The monoisotopic (exact) mass is 403 g/mol. The molecule has 0 unspecified atom stereocenters. The van der Waals surface area contributed by atoms with Crippen LogP contribution in [0.4, 0.5) is 5.00 Å². The maximum atomic E-state index is 12.4. The predicted molar refractivity (Wildman–Crippen MR) is 103 cm³/mol. The summed E-state index contributed by atoms with van der Waals surface area (Å²) in [6.45, 7) is 3.99. The van der Waals surface area contributed by atoms with Gasteiger partial charge in [0, 0.05) is 30.2 Å². The molecule has 0 radical (unpaired) electrons. The van der Waals surface area contributed by atoms with E-state index in [1.807, 2.05) is 6.92 Å². The van der Waals surface area contributed by atoms with Crippen molar-refractivity contribution in [2.75, 3.05) is 11.9 Å². The van der Waals surface area contributed by atoms with E-state index in [2.05, 4.69) is 15.5 Å². The van der Waals surface area contributed by atoms with E-state index < -0.39 is 5.97 Å². The highest BCUT2D eigenvalue weighted by atomic mass is 32.1. The number of anilines is 1. The van der Waals surface area contributed by atoms with Crippen molar-refractivity contribution in [1.29, 1.82) is 0 Å². The average molecular weight is 403 g/mol. The van der Waals surface area contributed by atoms with Gasteiger partial charge in [-0.3, -0.25) is 4.79 Å². The highest BCUT2D eigenvalue weighted by Crippen LogP contribution is 2.36. The van der Waals surface area contributed by atoms with Gasteiger partial charge in [-0.15, -0.1) is 11.3 Å². The number of ether oxygens (including phenoxy) is 1. The average Bonchev–Trinajstić information content (AvgIpc) is 3.41. The van der Waals surface area contributed by atoms with Gasteiger partial charge < -0.3 is 19.0 Å². The summed E-state index contributed by atoms with van der Waals surface area (Å²) >= 11 is 1.25. The van der Waals surface area contributed by atoms with Crippen LogP contribution in [-0.2, 0) is 22.4 Å². The number of nitrogens with one attached hydrogen (secondary N) is 1. The van der Waals surface area contributed by atoms with Crippen molar-refractivity contribution in [2.45, 2.75) is 39.5 Å². The number of carbonyl (C=O) groups is 2. The summed E-state index contributed by atoms with van der Waals surface area (Å²) in [5.41, 5.74) is 0.878. The molecule has 0 bridgehead atoms. The number of thiophene rings is 1. The van der Waals surface area contributed by atoms with Gasteiger partial charge in [-0.25, -0.2) is 4.79 Å². The fourth-order valence-electron chi connectivity index (χ4n) is 2.60. The Labute approximate surface area is 165 Å². The summed E-state index contributed by atoms with van der Waals surface area (Å²) in [6.07, 6.45) is 3.67. The maximum absolute atomic E-state index is 12.4. The molecule has 0 aliphatic heterocycles. The number of nitrogens with zero attached hydrogens (tertiary/aromatic N) is 2. The third-order valence-corrected chi connectivity index (χ3v) is 4.76. The first-order chi connectivity index (χ1) is 13.6. The number of hydrogen-bond acceptors (Lipinski definition) is 8. The van der Waals surface area contributed by atoms with E-state index in [0.717, 1.165) is 12.8 Å². The lowest BCUT2D eigenvalue weighted by Gasteiger charge is -2.07. The molecule has 0 fully saturated rings. The lowest BCUT2D eigenvalue weighted by Crippen LogP contribution is -2.15. The van der Waals surface area contributed by atoms with Crippen molar-refractivity contribution < 1.29 is 23.3 Å². The second-order valence-corrected chi connectivity index (χ2v) is 6.83. The summed E-state index contributed by atoms with van der Waals surface area (Å²) in [7, 11) is 0. The first-order valence-electron chi connectivity index (χ1n) is 9.06. The molecule has 9 heteroatoms. The number of carbonyl (C=O) groups excluding carboxylic acids is 2. The van der Waals surface area contributed by atoms with E-state index >= 15 is 0 Å². The van der Waals surface area contributed by atoms with Crippen molar-refractivity contribution in [3.05, 3.63) is 41.1 Å². The van der Waals surface area contributed by atoms with E-state index in [9.17, 15) is 9.59 Å². The van der Waals surface area contributed by atoms with Crippen molar-refractivity contribution in [3.8, 4) is 11.3 Å². The molecule has 0 atom stereocenters. The van der Waals surface area contributed by atoms with Gasteiger partial charge in [-0.1, -0.05) is 12.1 Å². The normalized spacial score (nSPS) is 10.8. The smallest absolute Gasteiger partial charge is 0.341 e. The lowest BCUT2D eigenvalue weighted by molar-refractivity contribution is -0.116. The van der Waals surface area contributed by atoms with Crippen LogP contribution in [0.1, 0.15) is 48.8 Å². The zero-order chi connectivity index (χ0) is 19.9. The second kappa shape index (κ2) is 9.32. The minimum Gasteiger partial charge on any atom is -0.464 e. The molecule has 28 heavy (non-hydrogen) atoms. The molecule has 3 aromatic rings. The molecule has 1 amide bonds. The van der Waals surface area contributed by atoms with Gasteiger partial charge >= 0.3 is 5.97 Å². The first-order valence-corrected chi connectivity index (χ1v) is 9.94. The third kappa shape index (κ3) is 4.66. The highest BCUT2D eigenvalue weighted by molar-refractivity contribution is 7.15. The Hall–Kier alpha value is -2.94. The Morgan fingerprint density at radius 3 is 2.86 bits per heavy atom. The van der Waals surface area contributed by atoms with Crippen molar-refractivity contribution in [2.24, 2.45) is 0 Å². The molecular formula is C19H21N3O5S. The van der Waals surface area contributed by atoms with Crippen LogP contribution < -0.4 is 5.32 Å². The molecule has 0 saturated heterocycles. The minimum absolute atomic E-state index is 0.157. The van der Waals surface area contributed by atoms with Gasteiger partial charge in [0.25, 0.3) is 0 Å². The summed E-state index contributed by atoms with van der Waals surface area (Å²) in [5.74, 6) is 0.838. The number of rotatable bonds is 9. The van der Waals surface area contributed by atoms with Gasteiger partial charge in [-0.2, -0.15) is 4.98 Å². The second-order valence-electron chi connectivity index (χ2n) is 5.95. The van der Waals surface area contributed by atoms with Crippen LogP contribution in [0.15, 0.2) is 32.7 Å². The van der Waals surface area contributed by atoms with Gasteiger partial charge in [0.2, 0.25) is 11.8 Å². The topological polar surface area (TPSA) is 107 Å². The van der Waals surface area contributed by atoms with E-state index in [1.165, 1.54) is 17.6 Å². The Morgan fingerprint density at radius 2 is 2.14 bits per heavy atom. The quantitative estimate of drug-likeness (QED) is 0.536. The Balaban J connectivity index is 1.70. The predicted octanol–water partition coefficient (Wildman–Crippen LogP) is 4.09. The molecule has 3 heterocycles. The van der Waals surface area contributed by atoms with E-state index in [0.29, 0.717) is 34.5 Å². The number of hydrogen-bond donors (Lipinski definition) is 1. The lowest BCUT2D eigenvalue weighted by atomic mass is 10.1. The number of esters is 1. The van der Waals surface area contributed by atoms with Crippen LogP contribution in [0.5, 0.6) is 0 Å². The molecule has 0 aromatic carbocycles. The molecule has 1 N–H and O–H groups in total. The number of amides is 1. The maximum Gasteiger partial charge on any atom is 0.341 e. The van der Waals surface area contributed by atoms with Crippen LogP contribution in [0.2, 0.25) is 0 Å². The summed E-state index contributed by atoms with van der Waals surface area (Å²) in [4.78, 5) is 29.0. The molecule has 0 aliphatic rings. The Bertz CT molecular complexity index is 929. The van der Waals surface area contributed by atoms with Crippen LogP contribution in [-0.4, -0.2) is 28.6 Å². The van der Waals surface area contributed by atoms with Crippen molar-refractivity contribution >= 4 is 28.2 Å². The van der Waals surface area contributed by atoms with Crippen LogP contribution >= 0.6 is 11.3 Å². The van der Waals surface area contributed by atoms with Crippen molar-refractivity contribution in [3.63, 3.8) is 0 Å². The number of aryl methyl sites for hydroxylation is 2. The minimum atomic E-state index is -0.508. The van der Waals surface area contributed by atoms with Crippen LogP contribution in [0.25, 0.3) is 11.3 Å². The molecule has 3 aromatic heterocycles. The highest BCUT2D eigenvalue weighted by Gasteiger charge is 2.24. The molecule has 3 rings (SSSR count). The van der Waals surface area contributed by atoms with E-state index in [4.69, 9.17) is 13.7 Å². The number of aromatic nitrogens is 2. The Morgan fingerprint density at radius 1 is 1.29 bits per heavy atom. The molecule has 0 aliphatic carbocycles. The molecule has 8 nitrogen and oxygen atoms in total. The van der Waals surface area contributed by atoms with E-state index in [1.54, 1.807) is 24.4 Å². The Kier molecular flexibility index (Phi) is 6.59.